The molecule has 302 valence electrons. The van der Waals surface area contributed by atoms with Crippen LogP contribution < -0.4 is 5.32 Å². The molecule has 9 heteroatoms. The van der Waals surface area contributed by atoms with Crippen LogP contribution in [0.4, 0.5) is 0 Å². The lowest BCUT2D eigenvalue weighted by Gasteiger charge is -2.25. The highest BCUT2D eigenvalue weighted by Gasteiger charge is 2.27. The SMILES string of the molecule is CCCCCCCCC/C=C/C(O)C(COP(=O)(O)OCC[N+](C)(C)C)NC(=O)CCCCCCCCC/C=C\CCCCCCCCCCC. The number of nitrogens with one attached hydrogen (secondary N) is 1. The number of phosphoric ester groups is 1. The summed E-state index contributed by atoms with van der Waals surface area (Å²) in [6.45, 7) is 4.77. The first-order chi connectivity index (χ1) is 24.5. The van der Waals surface area contributed by atoms with Gasteiger partial charge in [0.25, 0.3) is 0 Å². The molecule has 3 N–H and O–H groups in total. The molecule has 0 aromatic carbocycles. The summed E-state index contributed by atoms with van der Waals surface area (Å²) in [6.07, 6.45) is 39.6. The molecule has 0 saturated heterocycles. The van der Waals surface area contributed by atoms with Crippen LogP contribution in [0.15, 0.2) is 24.3 Å². The van der Waals surface area contributed by atoms with Crippen molar-refractivity contribution in [3.05, 3.63) is 24.3 Å². The van der Waals surface area contributed by atoms with Gasteiger partial charge in [0.1, 0.15) is 13.2 Å². The molecule has 0 bridgehead atoms. The largest absolute Gasteiger partial charge is 0.472 e. The number of phosphoric acid groups is 1. The zero-order valence-corrected chi connectivity index (χ0v) is 35.0. The summed E-state index contributed by atoms with van der Waals surface area (Å²) in [5.74, 6) is -0.184. The van der Waals surface area contributed by atoms with Gasteiger partial charge in [-0.05, 0) is 44.9 Å². The molecule has 0 aromatic heterocycles. The molecule has 0 spiro atoms. The number of allylic oxidation sites excluding steroid dienone is 3. The number of hydrogen-bond donors (Lipinski definition) is 3. The molecule has 0 aliphatic heterocycles. The third kappa shape index (κ3) is 37.1. The molecule has 0 rings (SSSR count). The van der Waals surface area contributed by atoms with Crippen molar-refractivity contribution in [2.45, 2.75) is 199 Å². The molecular weight excluding hydrogens is 659 g/mol. The Morgan fingerprint density at radius 1 is 0.647 bits per heavy atom. The van der Waals surface area contributed by atoms with Gasteiger partial charge < -0.3 is 19.8 Å². The second-order valence-electron chi connectivity index (χ2n) is 15.7. The average Bonchev–Trinajstić information content (AvgIpc) is 3.07. The second-order valence-corrected chi connectivity index (χ2v) is 17.2. The van der Waals surface area contributed by atoms with Crippen molar-refractivity contribution in [2.75, 3.05) is 40.9 Å². The lowest BCUT2D eigenvalue weighted by Crippen LogP contribution is -2.45. The van der Waals surface area contributed by atoms with E-state index in [0.29, 0.717) is 17.4 Å². The van der Waals surface area contributed by atoms with Gasteiger partial charge in [0.2, 0.25) is 5.91 Å². The van der Waals surface area contributed by atoms with E-state index < -0.39 is 20.0 Å². The third-order valence-electron chi connectivity index (χ3n) is 9.42. The van der Waals surface area contributed by atoms with E-state index in [-0.39, 0.29) is 19.1 Å². The molecule has 0 saturated carbocycles. The molecule has 0 heterocycles. The van der Waals surface area contributed by atoms with Crippen molar-refractivity contribution in [2.24, 2.45) is 0 Å². The van der Waals surface area contributed by atoms with E-state index >= 15 is 0 Å². The number of aliphatic hydroxyl groups is 1. The fourth-order valence-electron chi connectivity index (χ4n) is 5.98. The molecule has 0 aromatic rings. The fourth-order valence-corrected chi connectivity index (χ4v) is 6.71. The molecule has 51 heavy (non-hydrogen) atoms. The van der Waals surface area contributed by atoms with Crippen LogP contribution in [0.1, 0.15) is 187 Å². The van der Waals surface area contributed by atoms with Crippen LogP contribution in [0.5, 0.6) is 0 Å². The first-order valence-corrected chi connectivity index (χ1v) is 22.7. The topological polar surface area (TPSA) is 105 Å². The number of aliphatic hydroxyl groups excluding tert-OH is 1. The number of nitrogens with zero attached hydrogens (tertiary/aromatic N) is 1. The standard InChI is InChI=1S/C42H83N2O6P/c1-6-8-10-12-14-16-17-18-19-20-21-22-23-24-25-26-28-30-32-34-36-42(46)43-40(39-50-51(47,48)49-38-37-44(3,4)5)41(45)35-33-31-29-27-15-13-11-9-7-2/h21-22,33,35,40-41,45H,6-20,23-32,34,36-39H2,1-5H3,(H-,43,46,47,48)/p+1/b22-21-,35-33+. The van der Waals surface area contributed by atoms with Crippen LogP contribution in [-0.4, -0.2) is 73.4 Å². The fraction of sp³-hybridized carbons (Fsp3) is 0.881. The second kappa shape index (κ2) is 34.7. The Bertz CT molecular complexity index is 891. The van der Waals surface area contributed by atoms with Gasteiger partial charge in [0, 0.05) is 6.42 Å². The van der Waals surface area contributed by atoms with E-state index in [0.717, 1.165) is 38.5 Å². The number of quaternary nitrogens is 1. The maximum absolute atomic E-state index is 12.8. The molecule has 3 atom stereocenters. The lowest BCUT2D eigenvalue weighted by molar-refractivity contribution is -0.870. The monoisotopic (exact) mass is 744 g/mol. The van der Waals surface area contributed by atoms with E-state index in [4.69, 9.17) is 9.05 Å². The number of rotatable bonds is 38. The summed E-state index contributed by atoms with van der Waals surface area (Å²) in [4.78, 5) is 23.0. The van der Waals surface area contributed by atoms with Crippen molar-refractivity contribution >= 4 is 13.7 Å². The van der Waals surface area contributed by atoms with Crippen molar-refractivity contribution in [1.29, 1.82) is 0 Å². The highest BCUT2D eigenvalue weighted by Crippen LogP contribution is 2.43. The number of amides is 1. The Morgan fingerprint density at radius 2 is 1.06 bits per heavy atom. The lowest BCUT2D eigenvalue weighted by atomic mass is 10.1. The van der Waals surface area contributed by atoms with Crippen LogP contribution in [0.25, 0.3) is 0 Å². The summed E-state index contributed by atoms with van der Waals surface area (Å²) < 4.78 is 23.4. The summed E-state index contributed by atoms with van der Waals surface area (Å²) >= 11 is 0. The van der Waals surface area contributed by atoms with E-state index in [1.807, 2.05) is 27.2 Å². The first kappa shape index (κ1) is 50.0. The number of likely N-dealkylation sites (N-methyl/N-ethyl adjacent to an activating group) is 1. The van der Waals surface area contributed by atoms with Crippen LogP contribution in [0, 0.1) is 0 Å². The Labute approximate surface area is 315 Å². The van der Waals surface area contributed by atoms with Crippen molar-refractivity contribution in [1.82, 2.24) is 5.32 Å². The zero-order chi connectivity index (χ0) is 37.9. The van der Waals surface area contributed by atoms with Gasteiger partial charge in [-0.25, -0.2) is 4.57 Å². The highest BCUT2D eigenvalue weighted by molar-refractivity contribution is 7.47. The molecular formula is C42H84N2O6P+. The third-order valence-corrected chi connectivity index (χ3v) is 10.4. The van der Waals surface area contributed by atoms with Crippen LogP contribution in [0.2, 0.25) is 0 Å². The average molecular weight is 744 g/mol. The van der Waals surface area contributed by atoms with E-state index in [1.54, 1.807) is 6.08 Å². The van der Waals surface area contributed by atoms with Gasteiger partial charge in [-0.1, -0.05) is 160 Å². The predicted molar refractivity (Wildman–Crippen MR) is 217 cm³/mol. The summed E-state index contributed by atoms with van der Waals surface area (Å²) in [5, 5.41) is 13.7. The molecule has 8 nitrogen and oxygen atoms in total. The maximum Gasteiger partial charge on any atom is 0.472 e. The van der Waals surface area contributed by atoms with Gasteiger partial charge in [0.05, 0.1) is 39.9 Å². The molecule has 0 radical (unpaired) electrons. The zero-order valence-electron chi connectivity index (χ0n) is 34.1. The predicted octanol–water partition coefficient (Wildman–Crippen LogP) is 11.4. The van der Waals surface area contributed by atoms with Crippen molar-refractivity contribution < 1.29 is 32.9 Å². The van der Waals surface area contributed by atoms with Crippen molar-refractivity contribution in [3.63, 3.8) is 0 Å². The minimum Gasteiger partial charge on any atom is -0.387 e. The minimum absolute atomic E-state index is 0.0612. The highest BCUT2D eigenvalue weighted by atomic mass is 31.2. The van der Waals surface area contributed by atoms with E-state index in [2.05, 4.69) is 31.3 Å². The molecule has 1 amide bonds. The Hall–Kier alpha value is -1.02. The Balaban J connectivity index is 4.31. The molecule has 3 unspecified atom stereocenters. The van der Waals surface area contributed by atoms with Crippen LogP contribution in [-0.2, 0) is 18.4 Å². The number of carbonyl (C=O) groups is 1. The molecule has 0 aliphatic carbocycles. The molecule has 0 aliphatic rings. The first-order valence-electron chi connectivity index (χ1n) is 21.2. The van der Waals surface area contributed by atoms with Crippen LogP contribution in [0.3, 0.4) is 0 Å². The summed E-state index contributed by atoms with van der Waals surface area (Å²) in [6, 6.07) is -0.843. The van der Waals surface area contributed by atoms with Crippen molar-refractivity contribution in [3.8, 4) is 0 Å². The number of hydrogen-bond acceptors (Lipinski definition) is 5. The minimum atomic E-state index is -4.33. The van der Waals surface area contributed by atoms with Gasteiger partial charge in [-0.2, -0.15) is 0 Å². The van der Waals surface area contributed by atoms with E-state index in [1.165, 1.54) is 128 Å². The normalized spacial score (nSPS) is 14.7. The smallest absolute Gasteiger partial charge is 0.387 e. The Morgan fingerprint density at radius 3 is 1.51 bits per heavy atom. The van der Waals surface area contributed by atoms with Crippen LogP contribution >= 0.6 is 7.82 Å². The molecule has 0 fully saturated rings. The number of carbonyl (C=O) groups excluding carboxylic acids is 1. The maximum atomic E-state index is 12.8. The van der Waals surface area contributed by atoms with Gasteiger partial charge >= 0.3 is 7.82 Å². The van der Waals surface area contributed by atoms with E-state index in [9.17, 15) is 19.4 Å². The van der Waals surface area contributed by atoms with Gasteiger partial charge in [-0.3, -0.25) is 13.8 Å². The summed E-state index contributed by atoms with van der Waals surface area (Å²) in [5.41, 5.74) is 0. The van der Waals surface area contributed by atoms with Gasteiger partial charge in [0.15, 0.2) is 0 Å². The number of unbranched alkanes of at least 4 members (excludes halogenated alkanes) is 23. The quantitative estimate of drug-likeness (QED) is 0.0252. The Kier molecular flexibility index (Phi) is 34.0. The van der Waals surface area contributed by atoms with Gasteiger partial charge in [-0.15, -0.1) is 0 Å². The summed E-state index contributed by atoms with van der Waals surface area (Å²) in [7, 11) is 1.57.